The molecule has 0 saturated carbocycles. The van der Waals surface area contributed by atoms with Gasteiger partial charge >= 0.3 is 7.12 Å². The van der Waals surface area contributed by atoms with Crippen molar-refractivity contribution in [3.8, 4) is 28.7 Å². The summed E-state index contributed by atoms with van der Waals surface area (Å²) in [4.78, 5) is 4.31. The second-order valence-corrected chi connectivity index (χ2v) is 5.83. The average molecular weight is 338 g/mol. The molecule has 1 aliphatic heterocycles. The van der Waals surface area contributed by atoms with Crippen LogP contribution in [0.15, 0.2) is 30.6 Å². The van der Waals surface area contributed by atoms with E-state index in [0.29, 0.717) is 36.6 Å². The molecule has 1 aliphatic rings. The van der Waals surface area contributed by atoms with Crippen LogP contribution < -0.4 is 9.47 Å². The molecule has 1 fully saturated rings. The third-order valence-electron chi connectivity index (χ3n) is 4.22. The largest absolute Gasteiger partial charge is 0.492 e. The van der Waals surface area contributed by atoms with Crippen LogP contribution in [0.2, 0.25) is 6.32 Å². The molecule has 1 N–H and O–H groups in total. The lowest BCUT2D eigenvalue weighted by Gasteiger charge is -2.14. The molecule has 6 nitrogen and oxygen atoms in total. The maximum absolute atomic E-state index is 9.56. The van der Waals surface area contributed by atoms with Crippen molar-refractivity contribution >= 4 is 7.12 Å². The highest BCUT2D eigenvalue weighted by Crippen LogP contribution is 2.37. The highest BCUT2D eigenvalue weighted by atomic mass is 16.5. The van der Waals surface area contributed by atoms with Crippen LogP contribution >= 0.6 is 0 Å². The molecule has 1 aromatic carbocycles. The second kappa shape index (κ2) is 7.56. The lowest BCUT2D eigenvalue weighted by Crippen LogP contribution is -2.07. The first-order chi connectivity index (χ1) is 12.2. The normalized spacial score (nSPS) is 16.6. The van der Waals surface area contributed by atoms with Crippen LogP contribution in [0, 0.1) is 11.3 Å². The summed E-state index contributed by atoms with van der Waals surface area (Å²) in [5, 5.41) is 19.0. The lowest BCUT2D eigenvalue weighted by atomic mass is 9.80. The van der Waals surface area contributed by atoms with Gasteiger partial charge in [0.25, 0.3) is 0 Å². The summed E-state index contributed by atoms with van der Waals surface area (Å²) in [5.74, 6) is 1.08. The Morgan fingerprint density at radius 3 is 2.84 bits per heavy atom. The van der Waals surface area contributed by atoms with Crippen molar-refractivity contribution in [2.24, 2.45) is 0 Å². The molecule has 7 heteroatoms. The van der Waals surface area contributed by atoms with E-state index in [1.165, 1.54) is 7.11 Å². The smallest absolute Gasteiger partial charge is 0.454 e. The van der Waals surface area contributed by atoms with Gasteiger partial charge in [-0.15, -0.1) is 0 Å². The quantitative estimate of drug-likeness (QED) is 0.844. The Morgan fingerprint density at radius 1 is 1.36 bits per heavy atom. The minimum atomic E-state index is -0.718. The summed E-state index contributed by atoms with van der Waals surface area (Å²) < 4.78 is 16.2. The van der Waals surface area contributed by atoms with E-state index in [1.807, 2.05) is 19.1 Å². The fourth-order valence-electron chi connectivity index (χ4n) is 3.00. The number of benzene rings is 1. The molecule has 1 saturated heterocycles. The summed E-state index contributed by atoms with van der Waals surface area (Å²) >= 11 is 0. The number of nitrogens with zero attached hydrogens (tertiary/aromatic N) is 2. The van der Waals surface area contributed by atoms with Gasteiger partial charge in [0.1, 0.15) is 6.07 Å². The van der Waals surface area contributed by atoms with Gasteiger partial charge in [0.2, 0.25) is 0 Å². The molecule has 25 heavy (non-hydrogen) atoms. The summed E-state index contributed by atoms with van der Waals surface area (Å²) in [6.45, 7) is 2.83. The van der Waals surface area contributed by atoms with E-state index in [0.717, 1.165) is 16.7 Å². The Hall–Kier alpha value is -2.56. The molecular formula is C18H19BN2O4. The fourth-order valence-corrected chi connectivity index (χ4v) is 3.00. The molecule has 0 bridgehead atoms. The second-order valence-electron chi connectivity index (χ2n) is 5.83. The van der Waals surface area contributed by atoms with Crippen LogP contribution in [0.1, 0.15) is 24.0 Å². The van der Waals surface area contributed by atoms with Crippen molar-refractivity contribution in [1.82, 2.24) is 4.98 Å². The van der Waals surface area contributed by atoms with Gasteiger partial charge in [-0.3, -0.25) is 4.98 Å². The zero-order chi connectivity index (χ0) is 17.8. The van der Waals surface area contributed by atoms with E-state index < -0.39 is 7.12 Å². The number of rotatable bonds is 5. The van der Waals surface area contributed by atoms with E-state index >= 15 is 0 Å². The third-order valence-corrected chi connectivity index (χ3v) is 4.22. The van der Waals surface area contributed by atoms with Gasteiger partial charge in [0.15, 0.2) is 11.5 Å². The van der Waals surface area contributed by atoms with Crippen molar-refractivity contribution in [3.05, 3.63) is 41.7 Å². The molecule has 2 aromatic rings. The summed E-state index contributed by atoms with van der Waals surface area (Å²) in [7, 11) is 0.802. The lowest BCUT2D eigenvalue weighted by molar-refractivity contribution is 0.292. The maximum Gasteiger partial charge on any atom is 0.454 e. The van der Waals surface area contributed by atoms with Crippen LogP contribution in [-0.4, -0.2) is 37.4 Å². The van der Waals surface area contributed by atoms with Crippen molar-refractivity contribution in [2.45, 2.75) is 19.2 Å². The molecule has 1 aromatic heterocycles. The van der Waals surface area contributed by atoms with E-state index in [-0.39, 0.29) is 5.92 Å². The first-order valence-electron chi connectivity index (χ1n) is 8.16. The number of hydrogen-bond donors (Lipinski definition) is 1. The number of nitriles is 1. The van der Waals surface area contributed by atoms with Gasteiger partial charge in [-0.2, -0.15) is 5.26 Å². The van der Waals surface area contributed by atoms with E-state index in [1.54, 1.807) is 18.5 Å². The van der Waals surface area contributed by atoms with E-state index in [2.05, 4.69) is 11.1 Å². The van der Waals surface area contributed by atoms with Crippen LogP contribution in [0.5, 0.6) is 11.5 Å². The molecule has 128 valence electrons. The Morgan fingerprint density at radius 2 is 2.20 bits per heavy atom. The fraction of sp³-hybridized carbons (Fsp3) is 0.333. The molecule has 0 radical (unpaired) electrons. The van der Waals surface area contributed by atoms with Crippen molar-refractivity contribution in [2.75, 3.05) is 20.3 Å². The Balaban J connectivity index is 2.01. The van der Waals surface area contributed by atoms with Crippen molar-refractivity contribution < 1.29 is 19.2 Å². The predicted molar refractivity (Wildman–Crippen MR) is 93.6 cm³/mol. The van der Waals surface area contributed by atoms with E-state index in [9.17, 15) is 10.3 Å². The van der Waals surface area contributed by atoms with Crippen molar-refractivity contribution in [3.63, 3.8) is 0 Å². The molecule has 0 unspecified atom stereocenters. The molecular weight excluding hydrogens is 319 g/mol. The molecule has 0 aliphatic carbocycles. The van der Waals surface area contributed by atoms with Gasteiger partial charge in [0, 0.05) is 30.5 Å². The predicted octanol–water partition coefficient (Wildman–Crippen LogP) is 2.62. The van der Waals surface area contributed by atoms with Crippen LogP contribution in [0.25, 0.3) is 11.1 Å². The Labute approximate surface area is 147 Å². The number of pyridine rings is 1. The highest BCUT2D eigenvalue weighted by molar-refractivity contribution is 6.43. The summed E-state index contributed by atoms with van der Waals surface area (Å²) in [6, 6.07) is 7.78. The molecule has 3 rings (SSSR count). The zero-order valence-electron chi connectivity index (χ0n) is 14.2. The van der Waals surface area contributed by atoms with Gasteiger partial charge in [-0.05, 0) is 42.6 Å². The zero-order valence-corrected chi connectivity index (χ0v) is 14.2. The maximum atomic E-state index is 9.56. The average Bonchev–Trinajstić information content (AvgIpc) is 3.08. The number of ether oxygens (including phenoxy) is 2. The van der Waals surface area contributed by atoms with Crippen LogP contribution in [-0.2, 0) is 4.65 Å². The van der Waals surface area contributed by atoms with Gasteiger partial charge in [-0.25, -0.2) is 0 Å². The third kappa shape index (κ3) is 3.60. The Bertz CT molecular complexity index is 806. The van der Waals surface area contributed by atoms with Gasteiger partial charge in [0.05, 0.1) is 19.3 Å². The first-order valence-corrected chi connectivity index (χ1v) is 8.16. The monoisotopic (exact) mass is 338 g/mol. The minimum Gasteiger partial charge on any atom is -0.492 e. The SMILES string of the molecule is CCOc1cc(-c2cncc([C@@H]3COB(O)C3)c2)cc(C#N)c1OC. The summed E-state index contributed by atoms with van der Waals surface area (Å²) in [6.07, 6.45) is 4.09. The number of aromatic nitrogens is 1. The van der Waals surface area contributed by atoms with Crippen molar-refractivity contribution in [1.29, 1.82) is 5.26 Å². The van der Waals surface area contributed by atoms with Gasteiger partial charge in [-0.1, -0.05) is 0 Å². The molecule has 0 amide bonds. The van der Waals surface area contributed by atoms with Gasteiger partial charge < -0.3 is 19.2 Å². The molecule has 1 atom stereocenters. The van der Waals surface area contributed by atoms with Crippen LogP contribution in [0.3, 0.4) is 0 Å². The molecule has 2 heterocycles. The van der Waals surface area contributed by atoms with E-state index in [4.69, 9.17) is 14.1 Å². The summed E-state index contributed by atoms with van der Waals surface area (Å²) in [5.41, 5.74) is 3.11. The Kier molecular flexibility index (Phi) is 5.22. The standard InChI is InChI=1S/C18H19BN2O4/c1-3-24-17-6-12(4-13(8-20)18(17)23-2)14-5-15(10-21-9-14)16-7-19(22)25-11-16/h4-6,9-10,16,22H,3,7,11H2,1-2H3/t16-/m0/s1. The van der Waals surface area contributed by atoms with Crippen LogP contribution in [0.4, 0.5) is 0 Å². The minimum absolute atomic E-state index is 0.113. The topological polar surface area (TPSA) is 84.6 Å². The number of methoxy groups -OCH3 is 1. The first kappa shape index (κ1) is 17.3. The molecule has 0 spiro atoms. The number of hydrogen-bond acceptors (Lipinski definition) is 6. The highest BCUT2D eigenvalue weighted by Gasteiger charge is 2.30.